The minimum absolute atomic E-state index is 0.109. The first-order chi connectivity index (χ1) is 8.59. The molecule has 19 heavy (non-hydrogen) atoms. The second-order valence-electron chi connectivity index (χ2n) is 7.05. The lowest BCUT2D eigenvalue weighted by atomic mass is 10.0. The topological polar surface area (TPSA) is 55.8 Å². The summed E-state index contributed by atoms with van der Waals surface area (Å²) in [5, 5.41) is 0. The van der Waals surface area contributed by atoms with Gasteiger partial charge in [-0.05, 0) is 32.1 Å². The highest BCUT2D eigenvalue weighted by atomic mass is 16.6. The first kappa shape index (κ1) is 14.2. The lowest BCUT2D eigenvalue weighted by Crippen LogP contribution is -2.47. The number of amides is 1. The van der Waals surface area contributed by atoms with Crippen LogP contribution in [0.1, 0.15) is 34.6 Å². The Balaban J connectivity index is 2.14. The summed E-state index contributed by atoms with van der Waals surface area (Å²) < 4.78 is 10.2. The summed E-state index contributed by atoms with van der Waals surface area (Å²) in [7, 11) is 1.36. The molecular formula is C14H23NO4. The van der Waals surface area contributed by atoms with E-state index in [1.165, 1.54) is 12.0 Å². The van der Waals surface area contributed by atoms with E-state index in [2.05, 4.69) is 13.8 Å². The molecule has 108 valence electrons. The third kappa shape index (κ3) is 2.30. The summed E-state index contributed by atoms with van der Waals surface area (Å²) in [6, 6.07) is -0.500. The largest absolute Gasteiger partial charge is 0.467 e. The SMILES string of the molecule is COC(=O)C1[C@@H]2[C@H](CN1C(=O)OC(C)(C)C)C2(C)C. The van der Waals surface area contributed by atoms with Crippen LogP contribution >= 0.6 is 0 Å². The summed E-state index contributed by atoms with van der Waals surface area (Å²) in [5.41, 5.74) is -0.447. The lowest BCUT2D eigenvalue weighted by Gasteiger charge is -2.31. The second kappa shape index (κ2) is 4.12. The van der Waals surface area contributed by atoms with Gasteiger partial charge in [0.2, 0.25) is 0 Å². The van der Waals surface area contributed by atoms with E-state index in [-0.39, 0.29) is 17.3 Å². The van der Waals surface area contributed by atoms with Crippen molar-refractivity contribution in [3.05, 3.63) is 0 Å². The van der Waals surface area contributed by atoms with Gasteiger partial charge in [0.05, 0.1) is 7.11 Å². The van der Waals surface area contributed by atoms with Crippen molar-refractivity contribution in [3.63, 3.8) is 0 Å². The van der Waals surface area contributed by atoms with Crippen LogP contribution in [0.2, 0.25) is 0 Å². The fraction of sp³-hybridized carbons (Fsp3) is 0.857. The van der Waals surface area contributed by atoms with Crippen LogP contribution in [0, 0.1) is 17.3 Å². The summed E-state index contributed by atoms with van der Waals surface area (Å²) in [6.45, 7) is 10.3. The second-order valence-corrected chi connectivity index (χ2v) is 7.05. The highest BCUT2D eigenvalue weighted by molar-refractivity contribution is 5.83. The van der Waals surface area contributed by atoms with Gasteiger partial charge in [-0.2, -0.15) is 0 Å². The standard InChI is InChI=1S/C14H23NO4/c1-13(2,3)19-12(17)15-7-8-9(14(8,4)5)10(15)11(16)18-6/h8-10H,7H2,1-6H3/t8-,9-,10?/m0/s1. The van der Waals surface area contributed by atoms with Crippen molar-refractivity contribution >= 4 is 12.1 Å². The molecule has 5 heteroatoms. The van der Waals surface area contributed by atoms with Crippen molar-refractivity contribution in [2.75, 3.05) is 13.7 Å². The molecule has 1 heterocycles. The van der Waals surface area contributed by atoms with Gasteiger partial charge in [0.25, 0.3) is 0 Å². The van der Waals surface area contributed by atoms with Gasteiger partial charge in [-0.3, -0.25) is 4.90 Å². The number of hydrogen-bond donors (Lipinski definition) is 0. The van der Waals surface area contributed by atoms with E-state index in [0.29, 0.717) is 12.5 Å². The molecule has 2 aliphatic rings. The molecule has 1 amide bonds. The van der Waals surface area contributed by atoms with E-state index in [9.17, 15) is 9.59 Å². The number of rotatable bonds is 1. The zero-order valence-corrected chi connectivity index (χ0v) is 12.5. The number of hydrogen-bond acceptors (Lipinski definition) is 4. The van der Waals surface area contributed by atoms with Crippen molar-refractivity contribution in [2.45, 2.75) is 46.3 Å². The van der Waals surface area contributed by atoms with E-state index >= 15 is 0 Å². The molecule has 0 spiro atoms. The Bertz CT molecular complexity index is 410. The number of ether oxygens (including phenoxy) is 2. The average Bonchev–Trinajstić information content (AvgIpc) is 2.65. The third-order valence-electron chi connectivity index (χ3n) is 4.28. The van der Waals surface area contributed by atoms with E-state index in [0.717, 1.165) is 0 Å². The van der Waals surface area contributed by atoms with Crippen LogP contribution in [-0.4, -0.2) is 42.3 Å². The molecule has 1 saturated heterocycles. The Kier molecular flexibility index (Phi) is 3.07. The predicted octanol–water partition coefficient (Wildman–Crippen LogP) is 2.05. The van der Waals surface area contributed by atoms with Gasteiger partial charge in [-0.25, -0.2) is 9.59 Å². The van der Waals surface area contributed by atoms with E-state index in [1.54, 1.807) is 0 Å². The summed E-state index contributed by atoms with van der Waals surface area (Å²) >= 11 is 0. The van der Waals surface area contributed by atoms with Crippen LogP contribution in [0.5, 0.6) is 0 Å². The number of nitrogens with zero attached hydrogens (tertiary/aromatic N) is 1. The third-order valence-corrected chi connectivity index (χ3v) is 4.28. The highest BCUT2D eigenvalue weighted by Crippen LogP contribution is 2.65. The van der Waals surface area contributed by atoms with Crippen LogP contribution < -0.4 is 0 Å². The minimum Gasteiger partial charge on any atom is -0.467 e. The summed E-state index contributed by atoms with van der Waals surface area (Å²) in [5.74, 6) is 0.209. The predicted molar refractivity (Wildman–Crippen MR) is 69.5 cm³/mol. The molecule has 2 rings (SSSR count). The first-order valence-electron chi connectivity index (χ1n) is 6.67. The van der Waals surface area contributed by atoms with Gasteiger partial charge >= 0.3 is 12.1 Å². The van der Waals surface area contributed by atoms with Gasteiger partial charge in [0, 0.05) is 12.5 Å². The van der Waals surface area contributed by atoms with Crippen LogP contribution in [0.15, 0.2) is 0 Å². The van der Waals surface area contributed by atoms with Crippen LogP contribution in [0.4, 0.5) is 4.79 Å². The molecule has 0 N–H and O–H groups in total. The highest BCUT2D eigenvalue weighted by Gasteiger charge is 2.70. The van der Waals surface area contributed by atoms with Gasteiger partial charge < -0.3 is 9.47 Å². The monoisotopic (exact) mass is 269 g/mol. The molecule has 3 atom stereocenters. The number of methoxy groups -OCH3 is 1. The quantitative estimate of drug-likeness (QED) is 0.684. The Morgan fingerprint density at radius 1 is 1.26 bits per heavy atom. The van der Waals surface area contributed by atoms with Crippen molar-refractivity contribution in [1.82, 2.24) is 4.90 Å². The van der Waals surface area contributed by atoms with Gasteiger partial charge in [0.1, 0.15) is 11.6 Å². The molecule has 5 nitrogen and oxygen atoms in total. The molecular weight excluding hydrogens is 246 g/mol. The zero-order chi connectivity index (χ0) is 14.6. The van der Waals surface area contributed by atoms with Gasteiger partial charge in [-0.1, -0.05) is 13.8 Å². The van der Waals surface area contributed by atoms with Crippen molar-refractivity contribution in [1.29, 1.82) is 0 Å². The van der Waals surface area contributed by atoms with E-state index in [4.69, 9.17) is 9.47 Å². The van der Waals surface area contributed by atoms with Crippen LogP contribution in [0.25, 0.3) is 0 Å². The number of esters is 1. The van der Waals surface area contributed by atoms with Crippen molar-refractivity contribution < 1.29 is 19.1 Å². The molecule has 0 aromatic rings. The minimum atomic E-state index is -0.556. The summed E-state index contributed by atoms with van der Waals surface area (Å²) in [4.78, 5) is 25.6. The van der Waals surface area contributed by atoms with E-state index in [1.807, 2.05) is 20.8 Å². The van der Waals surface area contributed by atoms with Gasteiger partial charge in [0.15, 0.2) is 0 Å². The smallest absolute Gasteiger partial charge is 0.411 e. The van der Waals surface area contributed by atoms with Crippen LogP contribution in [-0.2, 0) is 14.3 Å². The molecule has 1 saturated carbocycles. The molecule has 0 bridgehead atoms. The first-order valence-corrected chi connectivity index (χ1v) is 6.67. The number of carbonyl (C=O) groups excluding carboxylic acids is 2. The Morgan fingerprint density at radius 3 is 2.32 bits per heavy atom. The Labute approximate surface area is 114 Å². The Hall–Kier alpha value is -1.26. The van der Waals surface area contributed by atoms with Crippen LogP contribution in [0.3, 0.4) is 0 Å². The molecule has 0 aromatic carbocycles. The molecule has 1 aliphatic heterocycles. The maximum atomic E-state index is 12.2. The lowest BCUT2D eigenvalue weighted by molar-refractivity contribution is -0.147. The summed E-state index contributed by atoms with van der Waals surface area (Å²) in [6.07, 6.45) is -0.425. The zero-order valence-electron chi connectivity index (χ0n) is 12.5. The van der Waals surface area contributed by atoms with Crippen molar-refractivity contribution in [2.24, 2.45) is 17.3 Å². The molecule has 1 aliphatic carbocycles. The fourth-order valence-corrected chi connectivity index (χ4v) is 3.18. The Morgan fingerprint density at radius 2 is 1.84 bits per heavy atom. The molecule has 0 aromatic heterocycles. The molecule has 2 fully saturated rings. The normalized spacial score (nSPS) is 31.7. The maximum absolute atomic E-state index is 12.2. The average molecular weight is 269 g/mol. The van der Waals surface area contributed by atoms with Gasteiger partial charge in [-0.15, -0.1) is 0 Å². The maximum Gasteiger partial charge on any atom is 0.411 e. The van der Waals surface area contributed by atoms with E-state index < -0.39 is 17.7 Å². The molecule has 0 radical (unpaired) electrons. The van der Waals surface area contributed by atoms with Crippen molar-refractivity contribution in [3.8, 4) is 0 Å². The number of fused-ring (bicyclic) bond motifs is 1. The fourth-order valence-electron chi connectivity index (χ4n) is 3.18. The molecule has 1 unspecified atom stereocenters. The number of likely N-dealkylation sites (tertiary alicyclic amines) is 1. The number of carbonyl (C=O) groups is 2. The number of piperidine rings is 1.